The Bertz CT molecular complexity index is 462. The maximum Gasteiger partial charge on any atom is 0.335 e. The molecule has 126 valence electrons. The Balaban J connectivity index is 0.00000441. The number of hydrogen-bond donors (Lipinski definition) is 1. The van der Waals surface area contributed by atoms with Crippen LogP contribution in [-0.2, 0) is 0 Å². The molecule has 0 aliphatic rings. The molecule has 0 radical (unpaired) electrons. The summed E-state index contributed by atoms with van der Waals surface area (Å²) in [6, 6.07) is 4.76. The van der Waals surface area contributed by atoms with Crippen molar-refractivity contribution in [2.24, 2.45) is 11.8 Å². The predicted octanol–water partition coefficient (Wildman–Crippen LogP) is 4.66. The van der Waals surface area contributed by atoms with Gasteiger partial charge in [-0.15, -0.1) is 12.4 Å². The Morgan fingerprint density at radius 2 is 1.55 bits per heavy atom. The number of benzene rings is 1. The van der Waals surface area contributed by atoms with E-state index < -0.39 is 5.97 Å². The molecule has 1 N–H and O–H groups in total. The quantitative estimate of drug-likeness (QED) is 0.715. The van der Waals surface area contributed by atoms with Crippen LogP contribution in [0.5, 0.6) is 11.5 Å². The van der Waals surface area contributed by atoms with E-state index in [0.29, 0.717) is 36.5 Å². The van der Waals surface area contributed by atoms with Crippen LogP contribution >= 0.6 is 12.4 Å². The summed E-state index contributed by atoms with van der Waals surface area (Å²) in [5.41, 5.74) is 0.213. The van der Waals surface area contributed by atoms with Crippen LogP contribution in [0.15, 0.2) is 18.2 Å². The number of carboxylic acids is 1. The normalized spacial score (nSPS) is 12.9. The van der Waals surface area contributed by atoms with Gasteiger partial charge in [-0.3, -0.25) is 0 Å². The van der Waals surface area contributed by atoms with E-state index in [4.69, 9.17) is 14.6 Å². The third-order valence-electron chi connectivity index (χ3n) is 3.63. The Morgan fingerprint density at radius 1 is 1.05 bits per heavy atom. The highest BCUT2D eigenvalue weighted by Crippen LogP contribution is 2.29. The van der Waals surface area contributed by atoms with Gasteiger partial charge in [-0.25, -0.2) is 4.79 Å². The molecular formula is C17H27ClO4. The van der Waals surface area contributed by atoms with Crippen molar-refractivity contribution >= 4 is 18.4 Å². The molecule has 0 heterocycles. The number of rotatable bonds is 9. The molecule has 2 unspecified atom stereocenters. The van der Waals surface area contributed by atoms with Gasteiger partial charge in [0, 0.05) is 0 Å². The van der Waals surface area contributed by atoms with Gasteiger partial charge in [-0.2, -0.15) is 0 Å². The van der Waals surface area contributed by atoms with Gasteiger partial charge in [0.2, 0.25) is 0 Å². The van der Waals surface area contributed by atoms with E-state index in [1.54, 1.807) is 12.1 Å². The first-order valence-electron chi connectivity index (χ1n) is 7.60. The predicted molar refractivity (Wildman–Crippen MR) is 90.5 cm³/mol. The van der Waals surface area contributed by atoms with Crippen molar-refractivity contribution in [2.45, 2.75) is 40.5 Å². The molecule has 1 aromatic carbocycles. The Kier molecular flexibility index (Phi) is 9.66. The molecule has 0 saturated heterocycles. The first-order valence-corrected chi connectivity index (χ1v) is 7.60. The highest BCUT2D eigenvalue weighted by Gasteiger charge is 2.13. The van der Waals surface area contributed by atoms with E-state index in [2.05, 4.69) is 27.7 Å². The van der Waals surface area contributed by atoms with Crippen LogP contribution in [-0.4, -0.2) is 24.3 Å². The molecule has 0 saturated carbocycles. The molecule has 4 nitrogen and oxygen atoms in total. The van der Waals surface area contributed by atoms with Gasteiger partial charge in [0.15, 0.2) is 11.5 Å². The maximum absolute atomic E-state index is 11.1. The van der Waals surface area contributed by atoms with Gasteiger partial charge in [-0.05, 0) is 30.0 Å². The highest BCUT2D eigenvalue weighted by atomic mass is 35.5. The second-order valence-corrected chi connectivity index (χ2v) is 5.62. The Morgan fingerprint density at radius 3 is 2.00 bits per heavy atom. The van der Waals surface area contributed by atoms with Crippen molar-refractivity contribution in [3.8, 4) is 11.5 Å². The van der Waals surface area contributed by atoms with E-state index >= 15 is 0 Å². The number of halogens is 1. The second-order valence-electron chi connectivity index (χ2n) is 5.62. The fourth-order valence-corrected chi connectivity index (χ4v) is 1.57. The maximum atomic E-state index is 11.1. The third kappa shape index (κ3) is 6.56. The highest BCUT2D eigenvalue weighted by molar-refractivity contribution is 5.88. The molecule has 22 heavy (non-hydrogen) atoms. The fraction of sp³-hybridized carbons (Fsp3) is 0.588. The van der Waals surface area contributed by atoms with Crippen molar-refractivity contribution in [1.29, 1.82) is 0 Å². The van der Waals surface area contributed by atoms with Crippen LogP contribution in [0.4, 0.5) is 0 Å². The van der Waals surface area contributed by atoms with Crippen LogP contribution in [0.2, 0.25) is 0 Å². The first kappa shape index (κ1) is 20.6. The van der Waals surface area contributed by atoms with E-state index in [1.165, 1.54) is 6.07 Å². The minimum Gasteiger partial charge on any atom is -0.489 e. The summed E-state index contributed by atoms with van der Waals surface area (Å²) in [6.07, 6.45) is 2.05. The Labute approximate surface area is 139 Å². The van der Waals surface area contributed by atoms with Crippen LogP contribution in [0.25, 0.3) is 0 Å². The summed E-state index contributed by atoms with van der Waals surface area (Å²) in [7, 11) is 0. The van der Waals surface area contributed by atoms with Crippen LogP contribution in [0, 0.1) is 11.8 Å². The van der Waals surface area contributed by atoms with Crippen molar-refractivity contribution in [2.75, 3.05) is 13.2 Å². The zero-order valence-electron chi connectivity index (χ0n) is 13.8. The van der Waals surface area contributed by atoms with Crippen molar-refractivity contribution in [1.82, 2.24) is 0 Å². The average Bonchev–Trinajstić information content (AvgIpc) is 2.50. The van der Waals surface area contributed by atoms with Gasteiger partial charge < -0.3 is 14.6 Å². The van der Waals surface area contributed by atoms with E-state index in [0.717, 1.165) is 12.8 Å². The minimum atomic E-state index is -0.961. The molecule has 0 fully saturated rings. The van der Waals surface area contributed by atoms with Crippen LogP contribution < -0.4 is 9.47 Å². The lowest BCUT2D eigenvalue weighted by molar-refractivity contribution is 0.0696. The summed E-state index contributed by atoms with van der Waals surface area (Å²) >= 11 is 0. The zero-order valence-corrected chi connectivity index (χ0v) is 14.6. The van der Waals surface area contributed by atoms with E-state index in [1.807, 2.05) is 0 Å². The monoisotopic (exact) mass is 330 g/mol. The second kappa shape index (κ2) is 10.3. The summed E-state index contributed by atoms with van der Waals surface area (Å²) in [4.78, 5) is 11.1. The van der Waals surface area contributed by atoms with Crippen molar-refractivity contribution in [3.63, 3.8) is 0 Å². The van der Waals surface area contributed by atoms with Gasteiger partial charge in [-0.1, -0.05) is 40.5 Å². The summed E-state index contributed by atoms with van der Waals surface area (Å²) in [6.45, 7) is 9.58. The molecule has 0 bridgehead atoms. The van der Waals surface area contributed by atoms with Gasteiger partial charge >= 0.3 is 5.97 Å². The largest absolute Gasteiger partial charge is 0.489 e. The average molecular weight is 331 g/mol. The van der Waals surface area contributed by atoms with Gasteiger partial charge in [0.25, 0.3) is 0 Å². The van der Waals surface area contributed by atoms with Crippen molar-refractivity contribution < 1.29 is 19.4 Å². The lowest BCUT2D eigenvalue weighted by atomic mass is 10.1. The molecule has 5 heteroatoms. The topological polar surface area (TPSA) is 55.8 Å². The fourth-order valence-electron chi connectivity index (χ4n) is 1.57. The molecule has 0 spiro atoms. The number of aromatic carboxylic acids is 1. The molecule has 2 atom stereocenters. The molecule has 1 aromatic rings. The summed E-state index contributed by atoms with van der Waals surface area (Å²) in [5, 5.41) is 9.08. The lowest BCUT2D eigenvalue weighted by Crippen LogP contribution is -2.11. The third-order valence-corrected chi connectivity index (χ3v) is 3.63. The van der Waals surface area contributed by atoms with Crippen molar-refractivity contribution in [3.05, 3.63) is 23.8 Å². The number of ether oxygens (including phenoxy) is 2. The van der Waals surface area contributed by atoms with Crippen LogP contribution in [0.1, 0.15) is 50.9 Å². The lowest BCUT2D eigenvalue weighted by Gasteiger charge is -2.17. The zero-order chi connectivity index (χ0) is 15.8. The van der Waals surface area contributed by atoms with E-state index in [9.17, 15) is 4.79 Å². The molecule has 0 aromatic heterocycles. The standard InChI is InChI=1S/C17H26O4.ClH/c1-5-12(3)10-20-15-8-7-14(17(18)19)9-16(15)21-11-13(4)6-2;/h7-9,12-13H,5-6,10-11H2,1-4H3,(H,18,19);1H. The Hall–Kier alpha value is -1.42. The van der Waals surface area contributed by atoms with Crippen LogP contribution in [0.3, 0.4) is 0 Å². The smallest absolute Gasteiger partial charge is 0.335 e. The molecule has 0 amide bonds. The number of carboxylic acid groups (broad SMARTS) is 1. The molecule has 0 aliphatic carbocycles. The molecular weight excluding hydrogens is 304 g/mol. The minimum absolute atomic E-state index is 0. The summed E-state index contributed by atoms with van der Waals surface area (Å²) in [5.74, 6) is 1.03. The van der Waals surface area contributed by atoms with Gasteiger partial charge in [0.1, 0.15) is 0 Å². The first-order chi connectivity index (χ1) is 9.97. The molecule has 1 rings (SSSR count). The number of carbonyl (C=O) groups is 1. The van der Waals surface area contributed by atoms with E-state index in [-0.39, 0.29) is 18.0 Å². The van der Waals surface area contributed by atoms with Gasteiger partial charge in [0.05, 0.1) is 18.8 Å². The number of hydrogen-bond acceptors (Lipinski definition) is 3. The SMILES string of the molecule is CCC(C)COc1ccc(C(=O)O)cc1OCC(C)CC.Cl. The molecule has 0 aliphatic heterocycles. The summed E-state index contributed by atoms with van der Waals surface area (Å²) < 4.78 is 11.5.